The molecule has 1 fully saturated rings. The third-order valence-electron chi connectivity index (χ3n) is 5.38. The largest absolute Gasteiger partial charge is 0.354 e. The lowest BCUT2D eigenvalue weighted by Crippen LogP contribution is -2.33. The molecule has 160 valence electrons. The quantitative estimate of drug-likeness (QED) is 0.558. The Hall–Kier alpha value is -3.32. The molecule has 2 aromatic heterocycles. The number of pyridine rings is 1. The number of amides is 1. The van der Waals surface area contributed by atoms with E-state index in [2.05, 4.69) is 30.5 Å². The number of nitrogens with one attached hydrogen (secondary N) is 2. The van der Waals surface area contributed by atoms with Crippen LogP contribution in [0.25, 0.3) is 11.3 Å². The van der Waals surface area contributed by atoms with E-state index in [-0.39, 0.29) is 5.91 Å². The van der Waals surface area contributed by atoms with Crippen LogP contribution in [-0.4, -0.2) is 58.5 Å². The van der Waals surface area contributed by atoms with Crippen molar-refractivity contribution in [2.24, 2.45) is 0 Å². The van der Waals surface area contributed by atoms with Crippen molar-refractivity contribution in [3.05, 3.63) is 72.2 Å². The molecule has 1 saturated heterocycles. The summed E-state index contributed by atoms with van der Waals surface area (Å²) in [5, 5.41) is 6.28. The van der Waals surface area contributed by atoms with Gasteiger partial charge in [0.25, 0.3) is 5.91 Å². The van der Waals surface area contributed by atoms with Gasteiger partial charge in [-0.1, -0.05) is 18.2 Å². The third kappa shape index (κ3) is 6.08. The summed E-state index contributed by atoms with van der Waals surface area (Å²) in [5.74, 6) is 0.512. The second kappa shape index (κ2) is 10.6. The Bertz CT molecular complexity index is 988. The number of nitrogens with zero attached hydrogens (tertiary/aromatic N) is 4. The van der Waals surface area contributed by atoms with Crippen molar-refractivity contribution in [3.8, 4) is 11.3 Å². The van der Waals surface area contributed by atoms with Crippen LogP contribution in [0.2, 0.25) is 0 Å². The second-order valence-electron chi connectivity index (χ2n) is 7.65. The first-order valence-corrected chi connectivity index (χ1v) is 10.9. The van der Waals surface area contributed by atoms with Gasteiger partial charge >= 0.3 is 0 Å². The normalized spacial score (nSPS) is 13.8. The molecule has 0 atom stereocenters. The average molecular weight is 417 g/mol. The predicted molar refractivity (Wildman–Crippen MR) is 122 cm³/mol. The lowest BCUT2D eigenvalue weighted by atomic mass is 10.1. The molecular weight excluding hydrogens is 388 g/mol. The molecule has 0 bridgehead atoms. The molecule has 0 unspecified atom stereocenters. The summed E-state index contributed by atoms with van der Waals surface area (Å²) in [6.45, 7) is 4.54. The molecule has 31 heavy (non-hydrogen) atoms. The molecule has 1 aromatic carbocycles. The first kappa shape index (κ1) is 20.9. The summed E-state index contributed by atoms with van der Waals surface area (Å²) in [6.07, 6.45) is 6.83. The van der Waals surface area contributed by atoms with Crippen LogP contribution in [0.5, 0.6) is 0 Å². The van der Waals surface area contributed by atoms with Crippen molar-refractivity contribution in [3.63, 3.8) is 0 Å². The maximum absolute atomic E-state index is 12.6. The van der Waals surface area contributed by atoms with Crippen molar-refractivity contribution in [1.82, 2.24) is 25.2 Å². The minimum absolute atomic E-state index is 0.0520. The topological polar surface area (TPSA) is 83.0 Å². The van der Waals surface area contributed by atoms with Crippen molar-refractivity contribution in [1.29, 1.82) is 0 Å². The summed E-state index contributed by atoms with van der Waals surface area (Å²) < 4.78 is 0. The molecule has 7 heteroatoms. The smallest absolute Gasteiger partial charge is 0.251 e. The van der Waals surface area contributed by atoms with E-state index in [4.69, 9.17) is 0 Å². The van der Waals surface area contributed by atoms with Gasteiger partial charge in [0.2, 0.25) is 5.95 Å². The van der Waals surface area contributed by atoms with Gasteiger partial charge in [0.1, 0.15) is 0 Å². The molecular formula is C24H28N6O. The molecule has 3 heterocycles. The molecule has 7 nitrogen and oxygen atoms in total. The zero-order valence-corrected chi connectivity index (χ0v) is 17.6. The fourth-order valence-corrected chi connectivity index (χ4v) is 3.71. The van der Waals surface area contributed by atoms with E-state index in [1.165, 1.54) is 12.8 Å². The fraction of sp³-hybridized carbons (Fsp3) is 0.333. The van der Waals surface area contributed by atoms with Gasteiger partial charge in [0, 0.05) is 55.3 Å². The van der Waals surface area contributed by atoms with Crippen LogP contribution in [0, 0.1) is 0 Å². The van der Waals surface area contributed by atoms with Gasteiger partial charge in [-0.3, -0.25) is 9.78 Å². The minimum atomic E-state index is -0.0520. The van der Waals surface area contributed by atoms with E-state index in [0.717, 1.165) is 43.0 Å². The predicted octanol–water partition coefficient (Wildman–Crippen LogP) is 3.02. The SMILES string of the molecule is O=C(NCCN1CCCC1)c1cccc(-c2ccnc(NCCc3ccccn3)n2)c1. The molecule has 1 aliphatic heterocycles. The van der Waals surface area contributed by atoms with E-state index in [0.29, 0.717) is 24.6 Å². The van der Waals surface area contributed by atoms with Gasteiger partial charge in [0.15, 0.2) is 0 Å². The van der Waals surface area contributed by atoms with Crippen LogP contribution in [0.4, 0.5) is 5.95 Å². The van der Waals surface area contributed by atoms with E-state index >= 15 is 0 Å². The maximum atomic E-state index is 12.6. The summed E-state index contributed by atoms with van der Waals surface area (Å²) in [4.78, 5) is 28.2. The Morgan fingerprint density at radius 2 is 1.87 bits per heavy atom. The Morgan fingerprint density at radius 1 is 0.968 bits per heavy atom. The fourth-order valence-electron chi connectivity index (χ4n) is 3.71. The van der Waals surface area contributed by atoms with Crippen LogP contribution in [0.1, 0.15) is 28.9 Å². The van der Waals surface area contributed by atoms with Gasteiger partial charge in [-0.2, -0.15) is 0 Å². The van der Waals surface area contributed by atoms with Gasteiger partial charge in [-0.05, 0) is 56.3 Å². The molecule has 1 aliphatic rings. The lowest BCUT2D eigenvalue weighted by molar-refractivity contribution is 0.0950. The Morgan fingerprint density at radius 3 is 2.71 bits per heavy atom. The zero-order chi connectivity index (χ0) is 21.3. The van der Waals surface area contributed by atoms with Crippen LogP contribution in [0.15, 0.2) is 60.9 Å². The zero-order valence-electron chi connectivity index (χ0n) is 17.6. The first-order chi connectivity index (χ1) is 15.3. The maximum Gasteiger partial charge on any atom is 0.251 e. The summed E-state index contributed by atoms with van der Waals surface area (Å²) >= 11 is 0. The third-order valence-corrected chi connectivity index (χ3v) is 5.38. The number of benzene rings is 1. The van der Waals surface area contributed by atoms with Gasteiger partial charge in [0.05, 0.1) is 5.69 Å². The van der Waals surface area contributed by atoms with Crippen LogP contribution >= 0.6 is 0 Å². The Labute approximate surface area is 183 Å². The summed E-state index contributed by atoms with van der Waals surface area (Å²) in [5.41, 5.74) is 3.33. The Kier molecular flexibility index (Phi) is 7.18. The number of rotatable bonds is 9. The average Bonchev–Trinajstić information content (AvgIpc) is 3.34. The summed E-state index contributed by atoms with van der Waals surface area (Å²) in [7, 11) is 0. The van der Waals surface area contributed by atoms with Crippen LogP contribution in [-0.2, 0) is 6.42 Å². The molecule has 0 spiro atoms. The van der Waals surface area contributed by atoms with E-state index < -0.39 is 0 Å². The van der Waals surface area contributed by atoms with Crippen LogP contribution < -0.4 is 10.6 Å². The highest BCUT2D eigenvalue weighted by molar-refractivity contribution is 5.95. The molecule has 0 radical (unpaired) electrons. The van der Waals surface area contributed by atoms with Crippen molar-refractivity contribution < 1.29 is 4.79 Å². The van der Waals surface area contributed by atoms with E-state index in [9.17, 15) is 4.79 Å². The minimum Gasteiger partial charge on any atom is -0.354 e. The molecule has 0 aliphatic carbocycles. The highest BCUT2D eigenvalue weighted by Crippen LogP contribution is 2.19. The number of hydrogen-bond donors (Lipinski definition) is 2. The van der Waals surface area contributed by atoms with Gasteiger partial charge < -0.3 is 15.5 Å². The van der Waals surface area contributed by atoms with Crippen LogP contribution in [0.3, 0.4) is 0 Å². The number of likely N-dealkylation sites (tertiary alicyclic amines) is 1. The summed E-state index contributed by atoms with van der Waals surface area (Å²) in [6, 6.07) is 15.3. The first-order valence-electron chi connectivity index (χ1n) is 10.9. The number of carbonyl (C=O) groups excluding carboxylic acids is 1. The highest BCUT2D eigenvalue weighted by atomic mass is 16.1. The van der Waals surface area contributed by atoms with Crippen molar-refractivity contribution in [2.45, 2.75) is 19.3 Å². The Balaban J connectivity index is 1.34. The number of anilines is 1. The van der Waals surface area contributed by atoms with Gasteiger partial charge in [-0.15, -0.1) is 0 Å². The lowest BCUT2D eigenvalue weighted by Gasteiger charge is -2.14. The van der Waals surface area contributed by atoms with E-state index in [1.54, 1.807) is 12.4 Å². The monoisotopic (exact) mass is 416 g/mol. The number of carbonyl (C=O) groups is 1. The van der Waals surface area contributed by atoms with Gasteiger partial charge in [-0.25, -0.2) is 9.97 Å². The number of aromatic nitrogens is 3. The molecule has 3 aromatic rings. The number of hydrogen-bond acceptors (Lipinski definition) is 6. The molecule has 1 amide bonds. The van der Waals surface area contributed by atoms with Crippen molar-refractivity contribution >= 4 is 11.9 Å². The van der Waals surface area contributed by atoms with Crippen molar-refractivity contribution in [2.75, 3.05) is 38.0 Å². The second-order valence-corrected chi connectivity index (χ2v) is 7.65. The van der Waals surface area contributed by atoms with E-state index in [1.807, 2.05) is 48.5 Å². The molecule has 2 N–H and O–H groups in total. The standard InChI is InChI=1S/C24H28N6O/c31-23(26-14-17-30-15-3-4-16-30)20-7-5-6-19(18-20)22-10-13-28-24(29-22)27-12-9-21-8-1-2-11-25-21/h1-2,5-8,10-11,13,18H,3-4,9,12,14-17H2,(H,26,31)(H,27,28,29). The molecule has 4 rings (SSSR count). The molecule has 0 saturated carbocycles. The highest BCUT2D eigenvalue weighted by Gasteiger charge is 2.12.